The van der Waals surface area contributed by atoms with Gasteiger partial charge < -0.3 is 15.1 Å². The monoisotopic (exact) mass is 300 g/mol. The third kappa shape index (κ3) is 3.50. The Balaban J connectivity index is 2.44. The summed E-state index contributed by atoms with van der Waals surface area (Å²) >= 11 is 0. The second-order valence-electron chi connectivity index (χ2n) is 5.90. The van der Waals surface area contributed by atoms with Crippen molar-refractivity contribution in [1.29, 1.82) is 0 Å². The molecule has 0 aliphatic rings. The fraction of sp³-hybridized carbons (Fsp3) is 0.500. The highest BCUT2D eigenvalue weighted by atomic mass is 15.2. The molecule has 1 aromatic carbocycles. The molecule has 0 aliphatic carbocycles. The van der Waals surface area contributed by atoms with E-state index in [-0.39, 0.29) is 0 Å². The molecule has 0 spiro atoms. The second kappa shape index (κ2) is 7.45. The summed E-state index contributed by atoms with van der Waals surface area (Å²) < 4.78 is 0. The Kier molecular flexibility index (Phi) is 5.61. The van der Waals surface area contributed by atoms with Crippen LogP contribution in [0.2, 0.25) is 0 Å². The van der Waals surface area contributed by atoms with Gasteiger partial charge in [-0.15, -0.1) is 0 Å². The molecule has 4 heteroatoms. The minimum Gasteiger partial charge on any atom is -0.383 e. The van der Waals surface area contributed by atoms with E-state index < -0.39 is 0 Å². The fourth-order valence-corrected chi connectivity index (χ4v) is 2.79. The van der Waals surface area contributed by atoms with Gasteiger partial charge in [0.05, 0.1) is 0 Å². The predicted molar refractivity (Wildman–Crippen MR) is 97.1 cm³/mol. The normalized spacial score (nSPS) is 11.2. The maximum atomic E-state index is 4.69. The largest absolute Gasteiger partial charge is 0.383 e. The van der Waals surface area contributed by atoms with E-state index in [9.17, 15) is 0 Å². The molecule has 0 saturated carbocycles. The molecule has 22 heavy (non-hydrogen) atoms. The maximum absolute atomic E-state index is 4.69. The first kappa shape index (κ1) is 16.6. The van der Waals surface area contributed by atoms with Crippen LogP contribution in [0.15, 0.2) is 24.4 Å². The van der Waals surface area contributed by atoms with Gasteiger partial charge in [0.2, 0.25) is 0 Å². The van der Waals surface area contributed by atoms with Crippen LogP contribution in [0.25, 0.3) is 10.8 Å². The third-order valence-electron chi connectivity index (χ3n) is 4.02. The van der Waals surface area contributed by atoms with E-state index in [2.05, 4.69) is 73.2 Å². The number of nitrogens with one attached hydrogen (secondary N) is 1. The number of hydrogen-bond donors (Lipinski definition) is 1. The molecule has 1 heterocycles. The number of anilines is 2. The predicted octanol–water partition coefficient (Wildman–Crippen LogP) is 3.36. The van der Waals surface area contributed by atoms with Gasteiger partial charge in [0.1, 0.15) is 5.82 Å². The number of rotatable bonds is 7. The van der Waals surface area contributed by atoms with Gasteiger partial charge in [-0.1, -0.05) is 12.1 Å². The summed E-state index contributed by atoms with van der Waals surface area (Å²) in [5, 5.41) is 6.10. The van der Waals surface area contributed by atoms with Crippen molar-refractivity contribution in [1.82, 2.24) is 9.88 Å². The van der Waals surface area contributed by atoms with Gasteiger partial charge in [0.25, 0.3) is 0 Å². The van der Waals surface area contributed by atoms with Crippen molar-refractivity contribution in [2.75, 3.05) is 50.5 Å². The number of aromatic nitrogens is 1. The number of fused-ring (bicyclic) bond motifs is 1. The molecule has 0 fully saturated rings. The molecule has 2 aromatic rings. The van der Waals surface area contributed by atoms with Crippen molar-refractivity contribution in [3.63, 3.8) is 0 Å². The molecule has 0 unspecified atom stereocenters. The van der Waals surface area contributed by atoms with Crippen LogP contribution in [0.1, 0.15) is 19.4 Å². The quantitative estimate of drug-likeness (QED) is 0.849. The second-order valence-corrected chi connectivity index (χ2v) is 5.90. The highest BCUT2D eigenvalue weighted by molar-refractivity contribution is 6.02. The Hall–Kier alpha value is -1.81. The van der Waals surface area contributed by atoms with Crippen LogP contribution in [0.3, 0.4) is 0 Å². The third-order valence-corrected chi connectivity index (χ3v) is 4.02. The minimum absolute atomic E-state index is 0.939. The van der Waals surface area contributed by atoms with E-state index in [4.69, 9.17) is 0 Å². The van der Waals surface area contributed by atoms with Crippen LogP contribution in [0.4, 0.5) is 11.5 Å². The van der Waals surface area contributed by atoms with Crippen molar-refractivity contribution < 1.29 is 0 Å². The first-order valence-electron chi connectivity index (χ1n) is 8.10. The van der Waals surface area contributed by atoms with E-state index in [1.807, 2.05) is 6.20 Å². The molecule has 0 atom stereocenters. The van der Waals surface area contributed by atoms with Crippen LogP contribution >= 0.6 is 0 Å². The summed E-state index contributed by atoms with van der Waals surface area (Å²) in [7, 11) is 4.19. The molecule has 0 amide bonds. The number of pyridine rings is 1. The van der Waals surface area contributed by atoms with Gasteiger partial charge in [-0.25, -0.2) is 4.98 Å². The Labute approximate surface area is 134 Å². The number of aryl methyl sites for hydroxylation is 1. The molecule has 0 bridgehead atoms. The molecular formula is C18H28N4. The molecule has 1 aromatic heterocycles. The molecule has 120 valence electrons. The van der Waals surface area contributed by atoms with Crippen molar-refractivity contribution >= 4 is 22.3 Å². The van der Waals surface area contributed by atoms with Gasteiger partial charge in [0, 0.05) is 48.8 Å². The Bertz CT molecular complexity index is 618. The summed E-state index contributed by atoms with van der Waals surface area (Å²) in [6.07, 6.45) is 1.99. The van der Waals surface area contributed by atoms with E-state index in [0.717, 1.165) is 32.0 Å². The average Bonchev–Trinajstić information content (AvgIpc) is 2.50. The first-order valence-corrected chi connectivity index (χ1v) is 8.10. The number of benzene rings is 1. The molecule has 4 nitrogen and oxygen atoms in total. The van der Waals surface area contributed by atoms with E-state index >= 15 is 0 Å². The maximum Gasteiger partial charge on any atom is 0.136 e. The van der Waals surface area contributed by atoms with Crippen molar-refractivity contribution in [2.45, 2.75) is 20.8 Å². The van der Waals surface area contributed by atoms with Crippen LogP contribution < -0.4 is 10.2 Å². The molecule has 2 rings (SSSR count). The summed E-state index contributed by atoms with van der Waals surface area (Å²) in [4.78, 5) is 9.19. The lowest BCUT2D eigenvalue weighted by molar-refractivity contribution is 0.425. The molecular weight excluding hydrogens is 272 g/mol. The van der Waals surface area contributed by atoms with Crippen molar-refractivity contribution in [3.05, 3.63) is 30.0 Å². The summed E-state index contributed by atoms with van der Waals surface area (Å²) in [6.45, 7) is 10.4. The highest BCUT2D eigenvalue weighted by Gasteiger charge is 2.12. The van der Waals surface area contributed by atoms with Crippen LogP contribution in [-0.2, 0) is 0 Å². The van der Waals surface area contributed by atoms with E-state index in [1.54, 1.807) is 0 Å². The molecule has 1 N–H and O–H groups in total. The zero-order chi connectivity index (χ0) is 16.1. The summed E-state index contributed by atoms with van der Waals surface area (Å²) in [5.74, 6) is 1.09. The zero-order valence-corrected chi connectivity index (χ0v) is 14.5. The average molecular weight is 300 g/mol. The lowest BCUT2D eigenvalue weighted by Crippen LogP contribution is -2.23. The SMILES string of the molecule is CCN(CC)c1ncc(C)c2c(NCCN(C)C)cccc12. The van der Waals surface area contributed by atoms with Crippen LogP contribution in [0.5, 0.6) is 0 Å². The number of likely N-dealkylation sites (N-methyl/N-ethyl adjacent to an activating group) is 1. The zero-order valence-electron chi connectivity index (χ0n) is 14.5. The smallest absolute Gasteiger partial charge is 0.136 e. The van der Waals surface area contributed by atoms with Gasteiger partial charge in [0.15, 0.2) is 0 Å². The van der Waals surface area contributed by atoms with Crippen LogP contribution in [-0.4, -0.2) is 50.2 Å². The lowest BCUT2D eigenvalue weighted by atomic mass is 10.1. The first-order chi connectivity index (χ1) is 10.6. The molecule has 0 radical (unpaired) electrons. The van der Waals surface area contributed by atoms with E-state index in [0.29, 0.717) is 0 Å². The van der Waals surface area contributed by atoms with E-state index in [1.165, 1.54) is 22.0 Å². The van der Waals surface area contributed by atoms with Gasteiger partial charge in [-0.2, -0.15) is 0 Å². The lowest BCUT2D eigenvalue weighted by Gasteiger charge is -2.23. The summed E-state index contributed by atoms with van der Waals surface area (Å²) in [5.41, 5.74) is 2.42. The minimum atomic E-state index is 0.939. The number of nitrogens with zero attached hydrogens (tertiary/aromatic N) is 3. The van der Waals surface area contributed by atoms with Gasteiger partial charge in [-0.3, -0.25) is 0 Å². The molecule has 0 saturated heterocycles. The highest BCUT2D eigenvalue weighted by Crippen LogP contribution is 2.32. The Morgan fingerprint density at radius 2 is 1.86 bits per heavy atom. The Morgan fingerprint density at radius 3 is 2.50 bits per heavy atom. The van der Waals surface area contributed by atoms with Crippen molar-refractivity contribution in [2.24, 2.45) is 0 Å². The fourth-order valence-electron chi connectivity index (χ4n) is 2.79. The Morgan fingerprint density at radius 1 is 1.14 bits per heavy atom. The van der Waals surface area contributed by atoms with Gasteiger partial charge >= 0.3 is 0 Å². The number of hydrogen-bond acceptors (Lipinski definition) is 4. The topological polar surface area (TPSA) is 31.4 Å². The molecule has 0 aliphatic heterocycles. The van der Waals surface area contributed by atoms with Crippen LogP contribution in [0, 0.1) is 6.92 Å². The standard InChI is InChI=1S/C18H28N4/c1-6-22(7-2)18-15-9-8-10-16(19-11-12-21(4)5)17(15)14(3)13-20-18/h8-10,13,19H,6-7,11-12H2,1-5H3. The summed E-state index contributed by atoms with van der Waals surface area (Å²) in [6, 6.07) is 6.46. The van der Waals surface area contributed by atoms with Gasteiger partial charge in [-0.05, 0) is 46.5 Å². The van der Waals surface area contributed by atoms with Crippen molar-refractivity contribution in [3.8, 4) is 0 Å².